The summed E-state index contributed by atoms with van der Waals surface area (Å²) in [6.45, 7) is 0.547. The lowest BCUT2D eigenvalue weighted by Gasteiger charge is -2.43. The second kappa shape index (κ2) is 9.29. The quantitative estimate of drug-likeness (QED) is 0.659. The highest BCUT2D eigenvalue weighted by Gasteiger charge is 2.53. The highest BCUT2D eigenvalue weighted by atomic mass is 32.2. The van der Waals surface area contributed by atoms with E-state index in [1.165, 1.54) is 34.4 Å². The zero-order valence-electron chi connectivity index (χ0n) is 16.8. The predicted octanol–water partition coefficient (Wildman–Crippen LogP) is 2.64. The van der Waals surface area contributed by atoms with Crippen LogP contribution in [0, 0.1) is 5.82 Å². The Hall–Kier alpha value is -2.92. The van der Waals surface area contributed by atoms with E-state index in [0.29, 0.717) is 6.42 Å². The molecule has 32 heavy (non-hydrogen) atoms. The molecule has 168 valence electrons. The molecule has 0 aliphatic carbocycles. The lowest BCUT2D eigenvalue weighted by atomic mass is 10.0. The Morgan fingerprint density at radius 2 is 2.00 bits per heavy atom. The van der Waals surface area contributed by atoms with Gasteiger partial charge in [0, 0.05) is 11.4 Å². The molecule has 0 bridgehead atoms. The number of carboxylic acid groups (broad SMARTS) is 1. The number of anilines is 1. The number of imide groups is 1. The van der Waals surface area contributed by atoms with Gasteiger partial charge in [-0.15, -0.1) is 23.1 Å². The number of halogens is 1. The molecule has 3 heterocycles. The number of hydrogen-bond donors (Lipinski definition) is 1. The SMILES string of the molecule is O=C(O)CSCC(=O)N1CC[C@@H]2[C@H]1C(=O)N(c1cccc(F)c1)C(=O)N2Cc1cccs1. The molecule has 1 N–H and O–H groups in total. The topological polar surface area (TPSA) is 98.2 Å². The fourth-order valence-corrected chi connectivity index (χ4v) is 5.41. The molecule has 0 saturated carbocycles. The van der Waals surface area contributed by atoms with Gasteiger partial charge < -0.3 is 14.9 Å². The molecular weight excluding hydrogens is 457 g/mol. The Morgan fingerprint density at radius 3 is 2.69 bits per heavy atom. The van der Waals surface area contributed by atoms with Crippen molar-refractivity contribution >= 4 is 52.6 Å². The van der Waals surface area contributed by atoms with Crippen LogP contribution in [0.25, 0.3) is 0 Å². The normalized spacial score (nSPS) is 20.6. The number of amides is 4. The first kappa shape index (κ1) is 22.3. The summed E-state index contributed by atoms with van der Waals surface area (Å²) in [4.78, 5) is 55.2. The van der Waals surface area contributed by atoms with E-state index in [4.69, 9.17) is 5.11 Å². The van der Waals surface area contributed by atoms with Gasteiger partial charge in [0.2, 0.25) is 5.91 Å². The average molecular weight is 478 g/mol. The van der Waals surface area contributed by atoms with Crippen LogP contribution in [-0.2, 0) is 20.9 Å². The predicted molar refractivity (Wildman–Crippen MR) is 118 cm³/mol. The molecular formula is C21H20FN3O5S2. The van der Waals surface area contributed by atoms with Crippen LogP contribution in [0.1, 0.15) is 11.3 Å². The number of carbonyl (C=O) groups excluding carboxylic acids is 3. The molecule has 2 aliphatic rings. The van der Waals surface area contributed by atoms with Crippen molar-refractivity contribution in [3.05, 3.63) is 52.5 Å². The van der Waals surface area contributed by atoms with Crippen LogP contribution in [0.5, 0.6) is 0 Å². The maximum absolute atomic E-state index is 13.9. The Bertz CT molecular complexity index is 1050. The Kier molecular flexibility index (Phi) is 6.47. The summed E-state index contributed by atoms with van der Waals surface area (Å²) in [6.07, 6.45) is 0.430. The van der Waals surface area contributed by atoms with E-state index in [0.717, 1.165) is 27.6 Å². The van der Waals surface area contributed by atoms with Gasteiger partial charge >= 0.3 is 12.0 Å². The van der Waals surface area contributed by atoms with Crippen LogP contribution < -0.4 is 4.90 Å². The van der Waals surface area contributed by atoms with Crippen LogP contribution in [0.2, 0.25) is 0 Å². The molecule has 11 heteroatoms. The van der Waals surface area contributed by atoms with Gasteiger partial charge in [-0.3, -0.25) is 14.4 Å². The second-order valence-corrected chi connectivity index (χ2v) is 9.44. The molecule has 8 nitrogen and oxygen atoms in total. The second-order valence-electron chi connectivity index (χ2n) is 7.42. The van der Waals surface area contributed by atoms with Gasteiger partial charge in [-0.2, -0.15) is 0 Å². The summed E-state index contributed by atoms with van der Waals surface area (Å²) in [7, 11) is 0. The van der Waals surface area contributed by atoms with Crippen molar-refractivity contribution in [2.75, 3.05) is 23.0 Å². The maximum Gasteiger partial charge on any atom is 0.332 e. The molecule has 2 fully saturated rings. The summed E-state index contributed by atoms with van der Waals surface area (Å²) in [6, 6.07) is 7.02. The van der Waals surface area contributed by atoms with E-state index < -0.39 is 35.8 Å². The maximum atomic E-state index is 13.9. The van der Waals surface area contributed by atoms with Crippen LogP contribution in [0.15, 0.2) is 41.8 Å². The number of nitrogens with zero attached hydrogens (tertiary/aromatic N) is 3. The fourth-order valence-electron chi connectivity index (χ4n) is 4.09. The Morgan fingerprint density at radius 1 is 1.19 bits per heavy atom. The monoisotopic (exact) mass is 477 g/mol. The number of rotatable bonds is 7. The van der Waals surface area contributed by atoms with Crippen LogP contribution >= 0.6 is 23.1 Å². The van der Waals surface area contributed by atoms with Crippen LogP contribution in [0.3, 0.4) is 0 Å². The smallest absolute Gasteiger partial charge is 0.332 e. The molecule has 4 amide bonds. The van der Waals surface area contributed by atoms with Crippen LogP contribution in [-0.4, -0.2) is 68.9 Å². The summed E-state index contributed by atoms with van der Waals surface area (Å²) in [5.74, 6) is -2.86. The molecule has 1 aromatic heterocycles. The highest BCUT2D eigenvalue weighted by molar-refractivity contribution is 8.00. The minimum absolute atomic E-state index is 0.0817. The minimum atomic E-state index is -1.03. The number of likely N-dealkylation sites (tertiary alicyclic amines) is 1. The minimum Gasteiger partial charge on any atom is -0.481 e. The van der Waals surface area contributed by atoms with E-state index in [1.807, 2.05) is 17.5 Å². The summed E-state index contributed by atoms with van der Waals surface area (Å²) >= 11 is 2.43. The van der Waals surface area contributed by atoms with Gasteiger partial charge in [-0.25, -0.2) is 14.1 Å². The number of urea groups is 1. The van der Waals surface area contributed by atoms with Crippen molar-refractivity contribution in [3.63, 3.8) is 0 Å². The first-order chi connectivity index (χ1) is 15.4. The third-order valence-corrected chi connectivity index (χ3v) is 7.18. The number of aliphatic carboxylic acids is 1. The summed E-state index contributed by atoms with van der Waals surface area (Å²) in [5.41, 5.74) is 0.106. The standard InChI is InChI=1S/C21H20FN3O5S2/c22-13-3-1-4-14(9-13)25-20(29)19-16(24(21(25)30)10-15-5-2-8-32-15)6-7-23(19)17(26)11-31-12-18(27)28/h1-5,8-9,16,19H,6-7,10-12H2,(H,27,28)/t16-,19+/m1/s1. The zero-order valence-corrected chi connectivity index (χ0v) is 18.5. The fraction of sp³-hybridized carbons (Fsp3) is 0.333. The molecule has 0 radical (unpaired) electrons. The first-order valence-corrected chi connectivity index (χ1v) is 11.9. The van der Waals surface area contributed by atoms with Gasteiger partial charge in [0.05, 0.1) is 29.8 Å². The van der Waals surface area contributed by atoms with Crippen molar-refractivity contribution in [2.45, 2.75) is 25.0 Å². The number of benzene rings is 1. The number of thiophene rings is 1. The van der Waals surface area contributed by atoms with Crippen molar-refractivity contribution in [2.24, 2.45) is 0 Å². The molecule has 0 spiro atoms. The van der Waals surface area contributed by atoms with E-state index in [1.54, 1.807) is 4.90 Å². The number of carbonyl (C=O) groups is 4. The third-order valence-electron chi connectivity index (χ3n) is 5.42. The van der Waals surface area contributed by atoms with Crippen LogP contribution in [0.4, 0.5) is 14.9 Å². The van der Waals surface area contributed by atoms with Gasteiger partial charge in [0.15, 0.2) is 0 Å². The van der Waals surface area contributed by atoms with Gasteiger partial charge in [0.25, 0.3) is 5.91 Å². The molecule has 2 aliphatic heterocycles. The van der Waals surface area contributed by atoms with Gasteiger partial charge in [0.1, 0.15) is 11.9 Å². The van der Waals surface area contributed by atoms with Crippen molar-refractivity contribution in [1.29, 1.82) is 0 Å². The van der Waals surface area contributed by atoms with Gasteiger partial charge in [-0.05, 0) is 36.1 Å². The molecule has 1 aromatic carbocycles. The Labute approximate surface area is 191 Å². The van der Waals surface area contributed by atoms with E-state index in [2.05, 4.69) is 0 Å². The van der Waals surface area contributed by atoms with E-state index in [-0.39, 0.29) is 36.2 Å². The molecule has 2 aromatic rings. The van der Waals surface area contributed by atoms with Crippen molar-refractivity contribution in [1.82, 2.24) is 9.80 Å². The molecule has 4 rings (SSSR count). The van der Waals surface area contributed by atoms with Crippen molar-refractivity contribution < 1.29 is 28.7 Å². The number of hydrogen-bond acceptors (Lipinski definition) is 6. The number of fused-ring (bicyclic) bond motifs is 1. The van der Waals surface area contributed by atoms with Crippen molar-refractivity contribution in [3.8, 4) is 0 Å². The third kappa shape index (κ3) is 4.35. The number of carboxylic acids is 1. The first-order valence-electron chi connectivity index (χ1n) is 9.88. The summed E-state index contributed by atoms with van der Waals surface area (Å²) in [5, 5.41) is 10.7. The number of thioether (sulfide) groups is 1. The molecule has 0 unspecified atom stereocenters. The van der Waals surface area contributed by atoms with E-state index >= 15 is 0 Å². The zero-order chi connectivity index (χ0) is 22.8. The van der Waals surface area contributed by atoms with Gasteiger partial charge in [-0.1, -0.05) is 12.1 Å². The summed E-state index contributed by atoms with van der Waals surface area (Å²) < 4.78 is 13.9. The average Bonchev–Trinajstić information content (AvgIpc) is 3.41. The highest BCUT2D eigenvalue weighted by Crippen LogP contribution is 2.35. The van der Waals surface area contributed by atoms with E-state index in [9.17, 15) is 23.6 Å². The lowest BCUT2D eigenvalue weighted by Crippen LogP contribution is -2.66. The molecule has 2 atom stereocenters. The Balaban J connectivity index is 1.65. The molecule has 2 saturated heterocycles. The lowest BCUT2D eigenvalue weighted by molar-refractivity contribution is -0.137. The largest absolute Gasteiger partial charge is 0.481 e.